The van der Waals surface area contributed by atoms with Gasteiger partial charge in [0, 0.05) is 57.2 Å². The van der Waals surface area contributed by atoms with Crippen LogP contribution >= 0.6 is 0 Å². The van der Waals surface area contributed by atoms with Gasteiger partial charge in [0.25, 0.3) is 0 Å². The molecule has 4 heterocycles. The molecule has 0 bridgehead atoms. The molecule has 2 saturated heterocycles. The molecule has 9 nitrogen and oxygen atoms in total. The number of hydrogen-bond donors (Lipinski definition) is 0. The number of nitrogens with zero attached hydrogens (tertiary/aromatic N) is 5. The largest absolute Gasteiger partial charge is 0.378 e. The lowest BCUT2D eigenvalue weighted by atomic mass is 10.1. The highest BCUT2D eigenvalue weighted by molar-refractivity contribution is 7.89. The molecule has 0 spiro atoms. The first-order valence-electron chi connectivity index (χ1n) is 10.6. The van der Waals surface area contributed by atoms with E-state index in [0.29, 0.717) is 31.0 Å². The molecule has 4 rings (SSSR count). The van der Waals surface area contributed by atoms with Crippen molar-refractivity contribution in [3.8, 4) is 11.4 Å². The van der Waals surface area contributed by atoms with Gasteiger partial charge >= 0.3 is 0 Å². The molecular formula is C21H27N5O4S. The summed E-state index contributed by atoms with van der Waals surface area (Å²) < 4.78 is 33.3. The zero-order valence-corrected chi connectivity index (χ0v) is 18.4. The molecule has 0 aliphatic carbocycles. The third-order valence-corrected chi connectivity index (χ3v) is 7.79. The van der Waals surface area contributed by atoms with Crippen LogP contribution in [0.5, 0.6) is 0 Å². The van der Waals surface area contributed by atoms with Crippen LogP contribution in [0.3, 0.4) is 0 Å². The highest BCUT2D eigenvalue weighted by atomic mass is 32.2. The van der Waals surface area contributed by atoms with Crippen LogP contribution in [-0.4, -0.2) is 77.4 Å². The van der Waals surface area contributed by atoms with E-state index < -0.39 is 10.0 Å². The Labute approximate surface area is 182 Å². The van der Waals surface area contributed by atoms with E-state index in [-0.39, 0.29) is 30.0 Å². The van der Waals surface area contributed by atoms with E-state index in [0.717, 1.165) is 31.4 Å². The van der Waals surface area contributed by atoms with Crippen LogP contribution in [0.2, 0.25) is 0 Å². The molecule has 2 fully saturated rings. The van der Waals surface area contributed by atoms with Crippen molar-refractivity contribution in [2.24, 2.45) is 0 Å². The summed E-state index contributed by atoms with van der Waals surface area (Å²) in [4.78, 5) is 26.9. The van der Waals surface area contributed by atoms with E-state index in [2.05, 4.69) is 15.0 Å². The summed E-state index contributed by atoms with van der Waals surface area (Å²) in [5.41, 5.74) is 1.18. The summed E-state index contributed by atoms with van der Waals surface area (Å²) in [6, 6.07) is 3.55. The number of carbonyl (C=O) groups is 1. The number of amides is 1. The van der Waals surface area contributed by atoms with Crippen molar-refractivity contribution in [2.45, 2.75) is 43.6 Å². The number of hydrogen-bond acceptors (Lipinski definition) is 7. The lowest BCUT2D eigenvalue weighted by molar-refractivity contribution is -0.133. The van der Waals surface area contributed by atoms with Gasteiger partial charge in [-0.2, -0.15) is 4.31 Å². The Kier molecular flexibility index (Phi) is 6.59. The normalized spacial score (nSPS) is 20.2. The van der Waals surface area contributed by atoms with Crippen molar-refractivity contribution in [2.75, 3.05) is 32.8 Å². The van der Waals surface area contributed by atoms with E-state index in [9.17, 15) is 13.2 Å². The molecule has 31 heavy (non-hydrogen) atoms. The van der Waals surface area contributed by atoms with Crippen molar-refractivity contribution in [1.82, 2.24) is 24.2 Å². The summed E-state index contributed by atoms with van der Waals surface area (Å²) in [6.45, 7) is 3.75. The van der Waals surface area contributed by atoms with Crippen molar-refractivity contribution in [3.05, 3.63) is 36.4 Å². The van der Waals surface area contributed by atoms with Gasteiger partial charge in [0.15, 0.2) is 5.82 Å². The average Bonchev–Trinajstić information content (AvgIpc) is 3.31. The first kappa shape index (κ1) is 21.8. The number of pyridine rings is 1. The SMILES string of the molecule is Cc1nc(-c2ccncc2)ncc1S(=O)(=O)N1CCN(C(=O)CCC2CCCO2)CC1. The molecule has 0 saturated carbocycles. The Morgan fingerprint density at radius 1 is 1.19 bits per heavy atom. The molecule has 10 heteroatoms. The average molecular weight is 446 g/mol. The van der Waals surface area contributed by atoms with Crippen LogP contribution in [0.4, 0.5) is 0 Å². The van der Waals surface area contributed by atoms with Gasteiger partial charge in [0.05, 0.1) is 18.0 Å². The van der Waals surface area contributed by atoms with Gasteiger partial charge in [-0.15, -0.1) is 0 Å². The van der Waals surface area contributed by atoms with Gasteiger partial charge < -0.3 is 9.64 Å². The van der Waals surface area contributed by atoms with Gasteiger partial charge in [0.1, 0.15) is 4.90 Å². The van der Waals surface area contributed by atoms with E-state index in [4.69, 9.17) is 4.74 Å². The summed E-state index contributed by atoms with van der Waals surface area (Å²) in [7, 11) is -3.73. The number of aromatic nitrogens is 3. The summed E-state index contributed by atoms with van der Waals surface area (Å²) in [6.07, 6.45) is 8.08. The van der Waals surface area contributed by atoms with E-state index in [1.807, 2.05) is 0 Å². The van der Waals surface area contributed by atoms with Gasteiger partial charge in [-0.3, -0.25) is 9.78 Å². The monoisotopic (exact) mass is 445 g/mol. The maximum absolute atomic E-state index is 13.1. The Morgan fingerprint density at radius 2 is 1.94 bits per heavy atom. The quantitative estimate of drug-likeness (QED) is 0.665. The number of sulfonamides is 1. The number of aryl methyl sites for hydroxylation is 1. The van der Waals surface area contributed by atoms with Crippen LogP contribution < -0.4 is 0 Å². The van der Waals surface area contributed by atoms with Crippen molar-refractivity contribution in [1.29, 1.82) is 0 Å². The smallest absolute Gasteiger partial charge is 0.246 e. The van der Waals surface area contributed by atoms with Crippen molar-refractivity contribution in [3.63, 3.8) is 0 Å². The standard InChI is InChI=1S/C21H27N5O4S/c1-16-19(15-23-21(24-16)17-6-8-22-9-7-17)31(28,29)26-12-10-25(11-13-26)20(27)5-4-18-3-2-14-30-18/h6-9,15,18H,2-5,10-14H2,1H3. The number of carbonyl (C=O) groups excluding carboxylic acids is 1. The highest BCUT2D eigenvalue weighted by Gasteiger charge is 2.32. The molecule has 0 N–H and O–H groups in total. The van der Waals surface area contributed by atoms with E-state index in [1.165, 1.54) is 10.5 Å². The number of rotatable bonds is 6. The number of piperazine rings is 1. The maximum Gasteiger partial charge on any atom is 0.246 e. The summed E-state index contributed by atoms with van der Waals surface area (Å²) >= 11 is 0. The molecule has 2 aliphatic rings. The molecule has 0 aromatic carbocycles. The minimum Gasteiger partial charge on any atom is -0.378 e. The lowest BCUT2D eigenvalue weighted by Crippen LogP contribution is -2.50. The van der Waals surface area contributed by atoms with Crippen LogP contribution in [0.1, 0.15) is 31.4 Å². The molecule has 1 atom stereocenters. The third-order valence-electron chi connectivity index (χ3n) is 5.79. The molecule has 0 radical (unpaired) electrons. The topological polar surface area (TPSA) is 106 Å². The first-order chi connectivity index (χ1) is 14.9. The maximum atomic E-state index is 13.1. The second kappa shape index (κ2) is 9.37. The van der Waals surface area contributed by atoms with Crippen LogP contribution in [0.15, 0.2) is 35.6 Å². The lowest BCUT2D eigenvalue weighted by Gasteiger charge is -2.34. The Balaban J connectivity index is 1.38. The minimum atomic E-state index is -3.73. The van der Waals surface area contributed by atoms with Gasteiger partial charge in [-0.25, -0.2) is 18.4 Å². The van der Waals surface area contributed by atoms with Crippen LogP contribution in [0.25, 0.3) is 11.4 Å². The zero-order valence-electron chi connectivity index (χ0n) is 17.6. The fourth-order valence-corrected chi connectivity index (χ4v) is 5.51. The molecule has 2 aromatic heterocycles. The van der Waals surface area contributed by atoms with E-state index >= 15 is 0 Å². The van der Waals surface area contributed by atoms with Gasteiger partial charge in [-0.05, 0) is 38.3 Å². The molecule has 166 valence electrons. The summed E-state index contributed by atoms with van der Waals surface area (Å²) in [5.74, 6) is 0.522. The molecule has 2 aromatic rings. The molecule has 1 unspecified atom stereocenters. The van der Waals surface area contributed by atoms with E-state index in [1.54, 1.807) is 36.4 Å². The fourth-order valence-electron chi connectivity index (χ4n) is 3.98. The predicted octanol–water partition coefficient (Wildman–Crippen LogP) is 1.64. The fraction of sp³-hybridized carbons (Fsp3) is 0.524. The predicted molar refractivity (Wildman–Crippen MR) is 114 cm³/mol. The highest BCUT2D eigenvalue weighted by Crippen LogP contribution is 2.23. The summed E-state index contributed by atoms with van der Waals surface area (Å²) in [5, 5.41) is 0. The van der Waals surface area contributed by atoms with Gasteiger partial charge in [-0.1, -0.05) is 0 Å². The second-order valence-corrected chi connectivity index (χ2v) is 9.74. The molecule has 1 amide bonds. The van der Waals surface area contributed by atoms with Crippen LogP contribution in [0, 0.1) is 6.92 Å². The number of ether oxygens (including phenoxy) is 1. The van der Waals surface area contributed by atoms with Gasteiger partial charge in [0.2, 0.25) is 15.9 Å². The van der Waals surface area contributed by atoms with Crippen molar-refractivity contribution < 1.29 is 17.9 Å². The third kappa shape index (κ3) is 4.91. The first-order valence-corrected chi connectivity index (χ1v) is 12.0. The minimum absolute atomic E-state index is 0.0637. The Bertz CT molecular complexity index is 1020. The molecule has 2 aliphatic heterocycles. The van der Waals surface area contributed by atoms with Crippen molar-refractivity contribution >= 4 is 15.9 Å². The van der Waals surface area contributed by atoms with Crippen LogP contribution in [-0.2, 0) is 19.6 Å². The Hall–Kier alpha value is -2.43. The second-order valence-electron chi connectivity index (χ2n) is 7.84. The Morgan fingerprint density at radius 3 is 2.58 bits per heavy atom. The zero-order chi connectivity index (χ0) is 21.8. The molecular weight excluding hydrogens is 418 g/mol.